The predicted octanol–water partition coefficient (Wildman–Crippen LogP) is 5.20. The number of aliphatic hydroxyl groups is 2. The molecule has 4 aliphatic rings. The van der Waals surface area contributed by atoms with Crippen molar-refractivity contribution in [3.8, 4) is 0 Å². The quantitative estimate of drug-likeness (QED) is 0.584. The van der Waals surface area contributed by atoms with Crippen LogP contribution in [0.25, 0.3) is 0 Å². The van der Waals surface area contributed by atoms with Crippen LogP contribution in [0, 0.1) is 52.3 Å². The lowest BCUT2D eigenvalue weighted by atomic mass is 9.41. The minimum Gasteiger partial charge on any atom is -0.463 e. The molecule has 0 aromatic heterocycles. The molecule has 4 aliphatic carbocycles. The van der Waals surface area contributed by atoms with Crippen LogP contribution in [-0.2, 0) is 9.53 Å². The van der Waals surface area contributed by atoms with E-state index in [2.05, 4.69) is 27.7 Å². The van der Waals surface area contributed by atoms with Gasteiger partial charge in [-0.3, -0.25) is 4.79 Å². The number of ether oxygens (including phenoxy) is 1. The molecule has 0 radical (unpaired) electrons. The van der Waals surface area contributed by atoms with E-state index < -0.39 is 0 Å². The Bertz CT molecular complexity index is 664. The second-order valence-corrected chi connectivity index (χ2v) is 12.2. The summed E-state index contributed by atoms with van der Waals surface area (Å²) in [5.74, 6) is 3.40. The van der Waals surface area contributed by atoms with Gasteiger partial charge in [-0.05, 0) is 104 Å². The molecule has 0 amide bonds. The standard InChI is InChI=1S/C27H46O4/c1-6-19-23-15-18(31-17(3)29)9-12-27(23,5)22-10-13-26(4)20(16(2)11-14-28)7-8-21(26)24(22)25(19)30/h16,18-25,28,30H,6-15H2,1-5H3/t16-,18-,19-,20?,21?,22?,23+,24?,25-,26-,27-/m1/s1. The van der Waals surface area contributed by atoms with E-state index in [1.165, 1.54) is 32.6 Å². The Hall–Kier alpha value is -0.610. The molecule has 0 aromatic carbocycles. The van der Waals surface area contributed by atoms with E-state index in [-0.39, 0.29) is 30.2 Å². The Kier molecular flexibility index (Phi) is 6.55. The lowest BCUT2D eigenvalue weighted by Crippen LogP contribution is -2.62. The molecule has 11 atom stereocenters. The summed E-state index contributed by atoms with van der Waals surface area (Å²) >= 11 is 0. The molecule has 4 rings (SSSR count). The number of aliphatic hydroxyl groups excluding tert-OH is 2. The minimum atomic E-state index is -0.235. The van der Waals surface area contributed by atoms with Crippen LogP contribution in [-0.4, -0.2) is 35.0 Å². The molecular formula is C27H46O4. The van der Waals surface area contributed by atoms with E-state index in [4.69, 9.17) is 4.74 Å². The normalized spacial score (nSPS) is 50.2. The molecule has 4 fully saturated rings. The summed E-state index contributed by atoms with van der Waals surface area (Å²) in [5, 5.41) is 21.4. The first-order valence-electron chi connectivity index (χ1n) is 13.1. The zero-order valence-corrected chi connectivity index (χ0v) is 20.5. The number of carbonyl (C=O) groups excluding carboxylic acids is 1. The molecule has 4 heteroatoms. The summed E-state index contributed by atoms with van der Waals surface area (Å²) in [6.45, 7) is 11.4. The van der Waals surface area contributed by atoms with Crippen molar-refractivity contribution in [2.75, 3.05) is 6.61 Å². The van der Waals surface area contributed by atoms with Crippen molar-refractivity contribution in [1.82, 2.24) is 0 Å². The van der Waals surface area contributed by atoms with E-state index in [9.17, 15) is 15.0 Å². The summed E-state index contributed by atoms with van der Waals surface area (Å²) in [6, 6.07) is 0. The minimum absolute atomic E-state index is 0.0254. The largest absolute Gasteiger partial charge is 0.463 e. The van der Waals surface area contributed by atoms with Crippen molar-refractivity contribution in [2.45, 2.75) is 105 Å². The maximum Gasteiger partial charge on any atom is 0.302 e. The van der Waals surface area contributed by atoms with Crippen LogP contribution in [0.5, 0.6) is 0 Å². The molecule has 31 heavy (non-hydrogen) atoms. The monoisotopic (exact) mass is 434 g/mol. The van der Waals surface area contributed by atoms with Crippen molar-refractivity contribution in [3.63, 3.8) is 0 Å². The van der Waals surface area contributed by atoms with E-state index in [1.54, 1.807) is 0 Å². The summed E-state index contributed by atoms with van der Waals surface area (Å²) in [5.41, 5.74) is 0.546. The molecule has 2 N–H and O–H groups in total. The van der Waals surface area contributed by atoms with Crippen LogP contribution in [0.3, 0.4) is 0 Å². The lowest BCUT2D eigenvalue weighted by Gasteiger charge is -2.64. The third-order valence-electron chi connectivity index (χ3n) is 11.0. The Morgan fingerprint density at radius 1 is 1.06 bits per heavy atom. The van der Waals surface area contributed by atoms with E-state index >= 15 is 0 Å². The molecule has 0 aromatic rings. The van der Waals surface area contributed by atoms with Crippen molar-refractivity contribution in [1.29, 1.82) is 0 Å². The number of hydrogen-bond donors (Lipinski definition) is 2. The van der Waals surface area contributed by atoms with Crippen LogP contribution in [0.15, 0.2) is 0 Å². The first-order chi connectivity index (χ1) is 14.7. The van der Waals surface area contributed by atoms with Crippen LogP contribution in [0.4, 0.5) is 0 Å². The predicted molar refractivity (Wildman–Crippen MR) is 122 cm³/mol. The first-order valence-corrected chi connectivity index (χ1v) is 13.1. The van der Waals surface area contributed by atoms with Gasteiger partial charge in [0.1, 0.15) is 6.10 Å². The van der Waals surface area contributed by atoms with Crippen LogP contribution in [0.1, 0.15) is 92.4 Å². The van der Waals surface area contributed by atoms with Gasteiger partial charge in [-0.2, -0.15) is 0 Å². The maximum absolute atomic E-state index is 11.8. The SMILES string of the molecule is CC[C@H]1[C@@H](O)C2C3CCC([C@H](C)CCO)[C@@]3(C)CCC2[C@@]2(C)CC[C@@H](OC(C)=O)C[C@@H]12. The highest BCUT2D eigenvalue weighted by molar-refractivity contribution is 5.66. The molecule has 4 saturated carbocycles. The number of hydrogen-bond acceptors (Lipinski definition) is 4. The highest BCUT2D eigenvalue weighted by Crippen LogP contribution is 2.69. The second-order valence-electron chi connectivity index (χ2n) is 12.2. The zero-order chi connectivity index (χ0) is 22.6. The molecule has 0 spiro atoms. The van der Waals surface area contributed by atoms with Crippen molar-refractivity contribution in [3.05, 3.63) is 0 Å². The molecule has 4 unspecified atom stereocenters. The third kappa shape index (κ3) is 3.68. The number of esters is 1. The number of rotatable bonds is 5. The third-order valence-corrected chi connectivity index (χ3v) is 11.0. The molecular weight excluding hydrogens is 388 g/mol. The summed E-state index contributed by atoms with van der Waals surface area (Å²) in [6.07, 6.45) is 9.69. The Labute approximate surface area is 189 Å². The molecule has 4 nitrogen and oxygen atoms in total. The molecule has 0 heterocycles. The van der Waals surface area contributed by atoms with Gasteiger partial charge in [0.15, 0.2) is 0 Å². The van der Waals surface area contributed by atoms with Gasteiger partial charge in [0.2, 0.25) is 0 Å². The smallest absolute Gasteiger partial charge is 0.302 e. The van der Waals surface area contributed by atoms with Gasteiger partial charge in [0.05, 0.1) is 6.10 Å². The van der Waals surface area contributed by atoms with Gasteiger partial charge < -0.3 is 14.9 Å². The summed E-state index contributed by atoms with van der Waals surface area (Å²) < 4.78 is 5.66. The summed E-state index contributed by atoms with van der Waals surface area (Å²) in [7, 11) is 0. The molecule has 178 valence electrons. The van der Waals surface area contributed by atoms with E-state index in [1.807, 2.05) is 0 Å². The zero-order valence-electron chi connectivity index (χ0n) is 20.5. The fourth-order valence-electron chi connectivity index (χ4n) is 9.66. The molecule has 0 aliphatic heterocycles. The average molecular weight is 435 g/mol. The van der Waals surface area contributed by atoms with E-state index in [0.29, 0.717) is 46.8 Å². The van der Waals surface area contributed by atoms with Gasteiger partial charge in [0, 0.05) is 13.5 Å². The van der Waals surface area contributed by atoms with Crippen LogP contribution < -0.4 is 0 Å². The maximum atomic E-state index is 11.8. The van der Waals surface area contributed by atoms with Gasteiger partial charge in [-0.15, -0.1) is 0 Å². The number of fused-ring (bicyclic) bond motifs is 5. The Morgan fingerprint density at radius 2 is 1.74 bits per heavy atom. The molecule has 0 bridgehead atoms. The van der Waals surface area contributed by atoms with Crippen molar-refractivity contribution < 1.29 is 19.7 Å². The Balaban J connectivity index is 1.62. The highest BCUT2D eigenvalue weighted by Gasteiger charge is 2.65. The van der Waals surface area contributed by atoms with Gasteiger partial charge in [-0.25, -0.2) is 0 Å². The summed E-state index contributed by atoms with van der Waals surface area (Å²) in [4.78, 5) is 11.6. The number of carbonyl (C=O) groups is 1. The van der Waals surface area contributed by atoms with Gasteiger partial charge >= 0.3 is 5.97 Å². The molecule has 0 saturated heterocycles. The lowest BCUT2D eigenvalue weighted by molar-refractivity contribution is -0.207. The van der Waals surface area contributed by atoms with Crippen molar-refractivity contribution in [2.24, 2.45) is 52.3 Å². The Morgan fingerprint density at radius 3 is 2.39 bits per heavy atom. The fourth-order valence-corrected chi connectivity index (χ4v) is 9.66. The highest BCUT2D eigenvalue weighted by atomic mass is 16.5. The van der Waals surface area contributed by atoms with Gasteiger partial charge in [0.25, 0.3) is 0 Å². The van der Waals surface area contributed by atoms with Crippen LogP contribution in [0.2, 0.25) is 0 Å². The fraction of sp³-hybridized carbons (Fsp3) is 0.963. The van der Waals surface area contributed by atoms with Crippen molar-refractivity contribution >= 4 is 5.97 Å². The first kappa shape index (κ1) is 23.5. The van der Waals surface area contributed by atoms with Crippen LogP contribution >= 0.6 is 0 Å². The van der Waals surface area contributed by atoms with E-state index in [0.717, 1.165) is 32.1 Å². The average Bonchev–Trinajstić information content (AvgIpc) is 3.06. The topological polar surface area (TPSA) is 66.8 Å². The second kappa shape index (κ2) is 8.63. The van der Waals surface area contributed by atoms with Gasteiger partial charge in [-0.1, -0.05) is 34.1 Å².